The predicted octanol–water partition coefficient (Wildman–Crippen LogP) is 2.74. The van der Waals surface area contributed by atoms with Crippen LogP contribution in [0, 0.1) is 12.8 Å². The second kappa shape index (κ2) is 12.6. The Morgan fingerprint density at radius 1 is 1.27 bits per heavy atom. The Kier molecular flexibility index (Phi) is 10.9. The summed E-state index contributed by atoms with van der Waals surface area (Å²) in [5.74, 6) is 1.18. The molecule has 2 heterocycles. The summed E-state index contributed by atoms with van der Waals surface area (Å²) in [6.45, 7) is 3.96. The molecule has 0 radical (unpaired) electrons. The van der Waals surface area contributed by atoms with Gasteiger partial charge in [-0.25, -0.2) is 4.98 Å². The van der Waals surface area contributed by atoms with Crippen LogP contribution in [-0.2, 0) is 16.0 Å². The molecule has 166 valence electrons. The van der Waals surface area contributed by atoms with Gasteiger partial charge in [-0.1, -0.05) is 30.3 Å². The minimum atomic E-state index is -0.155. The quantitative estimate of drug-likeness (QED) is 0.666. The van der Waals surface area contributed by atoms with E-state index in [0.717, 1.165) is 29.9 Å². The highest BCUT2D eigenvalue weighted by molar-refractivity contribution is 5.85. The molecule has 1 aliphatic rings. The van der Waals surface area contributed by atoms with Crippen LogP contribution in [0.1, 0.15) is 30.8 Å². The molecule has 1 fully saturated rings. The van der Waals surface area contributed by atoms with E-state index in [1.165, 1.54) is 0 Å². The van der Waals surface area contributed by atoms with Crippen LogP contribution in [0.3, 0.4) is 0 Å². The van der Waals surface area contributed by atoms with E-state index in [1.54, 1.807) is 4.90 Å². The minimum Gasteiger partial charge on any atom is -0.440 e. The number of hydrogen-bond acceptors (Lipinski definition) is 5. The molecule has 1 aliphatic heterocycles. The molecule has 1 unspecified atom stereocenters. The number of benzene rings is 1. The van der Waals surface area contributed by atoms with Gasteiger partial charge in [0.25, 0.3) is 0 Å². The molecule has 2 aromatic rings. The first-order chi connectivity index (χ1) is 13.6. The summed E-state index contributed by atoms with van der Waals surface area (Å²) in [6.07, 6.45) is 2.42. The van der Waals surface area contributed by atoms with Gasteiger partial charge >= 0.3 is 0 Å². The maximum atomic E-state index is 12.6. The van der Waals surface area contributed by atoms with Crippen molar-refractivity contribution in [1.29, 1.82) is 0 Å². The lowest BCUT2D eigenvalue weighted by molar-refractivity contribution is -0.135. The van der Waals surface area contributed by atoms with Crippen LogP contribution < -0.4 is 11.1 Å². The highest BCUT2D eigenvalue weighted by atomic mass is 35.5. The van der Waals surface area contributed by atoms with Gasteiger partial charge in [0.1, 0.15) is 0 Å². The predicted molar refractivity (Wildman–Crippen MR) is 121 cm³/mol. The molecule has 1 atom stereocenters. The summed E-state index contributed by atoms with van der Waals surface area (Å²) < 4.78 is 5.88. The first-order valence-electron chi connectivity index (χ1n) is 9.85. The fourth-order valence-electron chi connectivity index (χ4n) is 3.55. The van der Waals surface area contributed by atoms with Crippen molar-refractivity contribution < 1.29 is 14.0 Å². The Balaban J connectivity index is 0.00000225. The average molecular weight is 457 g/mol. The Labute approximate surface area is 189 Å². The van der Waals surface area contributed by atoms with Crippen molar-refractivity contribution >= 4 is 36.6 Å². The second-order valence-electron chi connectivity index (χ2n) is 7.15. The fourth-order valence-corrected chi connectivity index (χ4v) is 3.55. The fraction of sp³-hybridized carbons (Fsp3) is 0.476. The number of aryl methyl sites for hydroxylation is 2. The van der Waals surface area contributed by atoms with Crippen molar-refractivity contribution in [3.8, 4) is 11.3 Å². The molecule has 0 bridgehead atoms. The van der Waals surface area contributed by atoms with Crippen LogP contribution in [0.15, 0.2) is 34.7 Å². The Hall–Kier alpha value is -2.09. The van der Waals surface area contributed by atoms with Crippen molar-refractivity contribution in [2.75, 3.05) is 26.2 Å². The number of aromatic nitrogens is 1. The number of rotatable bonds is 7. The van der Waals surface area contributed by atoms with Gasteiger partial charge < -0.3 is 20.4 Å². The van der Waals surface area contributed by atoms with Crippen molar-refractivity contribution in [1.82, 2.24) is 15.2 Å². The molecular weight excluding hydrogens is 427 g/mol. The maximum absolute atomic E-state index is 12.6. The Bertz CT molecular complexity index is 814. The third-order valence-electron chi connectivity index (χ3n) is 5.02. The molecule has 1 aromatic heterocycles. The maximum Gasteiger partial charge on any atom is 0.224 e. The van der Waals surface area contributed by atoms with Crippen LogP contribution in [0.25, 0.3) is 11.3 Å². The number of halogens is 2. The van der Waals surface area contributed by atoms with Crippen molar-refractivity contribution in [2.45, 2.75) is 32.6 Å². The van der Waals surface area contributed by atoms with Crippen LogP contribution in [0.5, 0.6) is 0 Å². The molecule has 3 N–H and O–H groups in total. The number of carbonyl (C=O) groups excluding carboxylic acids is 2. The van der Waals surface area contributed by atoms with E-state index in [4.69, 9.17) is 10.2 Å². The number of amides is 2. The summed E-state index contributed by atoms with van der Waals surface area (Å²) in [4.78, 5) is 31.0. The number of nitrogens with one attached hydrogen (secondary N) is 1. The summed E-state index contributed by atoms with van der Waals surface area (Å²) in [5.41, 5.74) is 7.23. The van der Waals surface area contributed by atoms with Crippen molar-refractivity contribution in [3.05, 3.63) is 41.9 Å². The van der Waals surface area contributed by atoms with E-state index < -0.39 is 0 Å². The molecule has 1 saturated heterocycles. The van der Waals surface area contributed by atoms with Gasteiger partial charge in [-0.2, -0.15) is 0 Å². The van der Waals surface area contributed by atoms with Crippen LogP contribution in [0.4, 0.5) is 0 Å². The number of carbonyl (C=O) groups is 2. The van der Waals surface area contributed by atoms with E-state index in [1.807, 2.05) is 37.3 Å². The zero-order valence-electron chi connectivity index (χ0n) is 17.1. The van der Waals surface area contributed by atoms with Gasteiger partial charge in [-0.15, -0.1) is 24.8 Å². The highest BCUT2D eigenvalue weighted by Gasteiger charge is 2.28. The molecule has 9 heteroatoms. The van der Waals surface area contributed by atoms with E-state index in [9.17, 15) is 9.59 Å². The number of nitrogens with two attached hydrogens (primary N) is 1. The molecule has 0 saturated carbocycles. The van der Waals surface area contributed by atoms with Gasteiger partial charge in [0.05, 0.1) is 11.6 Å². The van der Waals surface area contributed by atoms with Crippen LogP contribution in [-0.4, -0.2) is 47.9 Å². The zero-order chi connectivity index (χ0) is 19.9. The summed E-state index contributed by atoms with van der Waals surface area (Å²) >= 11 is 0. The molecule has 0 spiro atoms. The molecule has 0 aliphatic carbocycles. The molecule has 30 heavy (non-hydrogen) atoms. The molecule has 3 rings (SSSR count). The van der Waals surface area contributed by atoms with Gasteiger partial charge in [-0.05, 0) is 19.8 Å². The number of likely N-dealkylation sites (tertiary alicyclic amines) is 1. The van der Waals surface area contributed by atoms with Gasteiger partial charge in [0.2, 0.25) is 11.8 Å². The smallest absolute Gasteiger partial charge is 0.224 e. The lowest BCUT2D eigenvalue weighted by Gasteiger charge is -2.32. The normalized spacial score (nSPS) is 15.7. The summed E-state index contributed by atoms with van der Waals surface area (Å²) in [6, 6.07) is 9.82. The third-order valence-corrected chi connectivity index (χ3v) is 5.02. The van der Waals surface area contributed by atoms with Gasteiger partial charge in [-0.3, -0.25) is 9.59 Å². The largest absolute Gasteiger partial charge is 0.440 e. The zero-order valence-corrected chi connectivity index (χ0v) is 18.8. The van der Waals surface area contributed by atoms with E-state index in [2.05, 4.69) is 10.3 Å². The lowest BCUT2D eigenvalue weighted by Crippen LogP contribution is -2.46. The molecule has 1 aromatic carbocycles. The number of hydrogen-bond donors (Lipinski definition) is 2. The van der Waals surface area contributed by atoms with E-state index in [0.29, 0.717) is 44.9 Å². The summed E-state index contributed by atoms with van der Waals surface area (Å²) in [7, 11) is 0. The minimum absolute atomic E-state index is 0. The van der Waals surface area contributed by atoms with Gasteiger partial charge in [0.15, 0.2) is 11.7 Å². The third kappa shape index (κ3) is 6.72. The first-order valence-corrected chi connectivity index (χ1v) is 9.85. The average Bonchev–Trinajstić information content (AvgIpc) is 3.11. The monoisotopic (exact) mass is 456 g/mol. The Morgan fingerprint density at radius 2 is 2.00 bits per heavy atom. The van der Waals surface area contributed by atoms with Crippen molar-refractivity contribution in [3.63, 3.8) is 0 Å². The topological polar surface area (TPSA) is 101 Å². The lowest BCUT2D eigenvalue weighted by atomic mass is 9.96. The van der Waals surface area contributed by atoms with Gasteiger partial charge in [0, 0.05) is 44.6 Å². The Morgan fingerprint density at radius 3 is 2.70 bits per heavy atom. The second-order valence-corrected chi connectivity index (χ2v) is 7.15. The highest BCUT2D eigenvalue weighted by Crippen LogP contribution is 2.25. The summed E-state index contributed by atoms with van der Waals surface area (Å²) in [5, 5.41) is 2.82. The molecule has 2 amide bonds. The van der Waals surface area contributed by atoms with E-state index in [-0.39, 0.29) is 42.5 Å². The SMILES string of the molecule is Cc1nc(CCC(=O)N2CCCC(C(=O)NCCN)C2)oc1-c1ccccc1.Cl.Cl. The van der Waals surface area contributed by atoms with E-state index >= 15 is 0 Å². The number of nitrogens with zero attached hydrogens (tertiary/aromatic N) is 2. The van der Waals surface area contributed by atoms with Crippen LogP contribution >= 0.6 is 24.8 Å². The molecular formula is C21H30Cl2N4O3. The number of piperidine rings is 1. The molecule has 7 nitrogen and oxygen atoms in total. The number of oxazole rings is 1. The standard InChI is InChI=1S/C21H28N4O3.2ClH/c1-15-20(16-6-3-2-4-7-16)28-18(24-15)9-10-19(26)25-13-5-8-17(14-25)21(27)23-12-11-22;;/h2-4,6-7,17H,5,8-14,22H2,1H3,(H,23,27);2*1H. The first kappa shape index (κ1) is 25.9. The van der Waals surface area contributed by atoms with Crippen molar-refractivity contribution in [2.24, 2.45) is 11.7 Å². The van der Waals surface area contributed by atoms with Crippen LogP contribution in [0.2, 0.25) is 0 Å².